The van der Waals surface area contributed by atoms with Crippen molar-refractivity contribution >= 4 is 5.91 Å². The number of alkyl halides is 3. The maximum Gasteiger partial charge on any atom is 0.389 e. The monoisotopic (exact) mass is 395 g/mol. The molecule has 0 aliphatic heterocycles. The topological polar surface area (TPSA) is 68.0 Å². The van der Waals surface area contributed by atoms with Gasteiger partial charge >= 0.3 is 6.18 Å². The zero-order chi connectivity index (χ0) is 20.4. The molecule has 2 aromatic rings. The molecular weight excluding hydrogens is 371 g/mol. The Hall–Kier alpha value is -2.38. The van der Waals surface area contributed by atoms with Crippen molar-refractivity contribution in [3.05, 3.63) is 35.7 Å². The fourth-order valence-electron chi connectivity index (χ4n) is 3.59. The Kier molecular flexibility index (Phi) is 5.76. The van der Waals surface area contributed by atoms with Crippen LogP contribution >= 0.6 is 0 Å². The van der Waals surface area contributed by atoms with Crippen molar-refractivity contribution < 1.29 is 22.5 Å². The third-order valence-corrected chi connectivity index (χ3v) is 5.48. The number of aryl methyl sites for hydroxylation is 1. The number of hydrogen-bond donors (Lipinski definition) is 1. The molecule has 1 aromatic heterocycles. The zero-order valence-corrected chi connectivity index (χ0v) is 16.0. The smallest absolute Gasteiger partial charge is 0.352 e. The van der Waals surface area contributed by atoms with Crippen LogP contribution in [0.4, 0.5) is 13.2 Å². The molecule has 0 spiro atoms. The van der Waals surface area contributed by atoms with Crippen LogP contribution in [0.2, 0.25) is 0 Å². The highest BCUT2D eigenvalue weighted by Gasteiger charge is 2.34. The fourth-order valence-corrected chi connectivity index (χ4v) is 3.59. The van der Waals surface area contributed by atoms with E-state index in [-0.39, 0.29) is 29.5 Å². The van der Waals surface area contributed by atoms with Crippen molar-refractivity contribution in [3.63, 3.8) is 0 Å². The van der Waals surface area contributed by atoms with Gasteiger partial charge < -0.3 is 9.84 Å². The fraction of sp³-hybridized carbons (Fsp3) is 0.550. The predicted molar refractivity (Wildman–Crippen MR) is 97.6 cm³/mol. The molecule has 1 aromatic carbocycles. The van der Waals surface area contributed by atoms with Gasteiger partial charge in [0.15, 0.2) is 0 Å². The molecule has 1 saturated carbocycles. The first-order chi connectivity index (χ1) is 13.1. The van der Waals surface area contributed by atoms with Crippen molar-refractivity contribution in [1.29, 1.82) is 0 Å². The normalized spacial score (nSPS) is 19.0. The van der Waals surface area contributed by atoms with Gasteiger partial charge in [0.1, 0.15) is 0 Å². The van der Waals surface area contributed by atoms with E-state index in [1.54, 1.807) is 24.3 Å². The molecule has 0 saturated heterocycles. The van der Waals surface area contributed by atoms with E-state index in [4.69, 9.17) is 4.52 Å². The highest BCUT2D eigenvalue weighted by atomic mass is 19.4. The van der Waals surface area contributed by atoms with Crippen molar-refractivity contribution in [2.75, 3.05) is 6.54 Å². The van der Waals surface area contributed by atoms with Crippen LogP contribution in [-0.2, 0) is 6.42 Å². The molecule has 1 unspecified atom stereocenters. The summed E-state index contributed by atoms with van der Waals surface area (Å²) in [7, 11) is 0. The summed E-state index contributed by atoms with van der Waals surface area (Å²) >= 11 is 0. The summed E-state index contributed by atoms with van der Waals surface area (Å²) in [5, 5.41) is 6.71. The van der Waals surface area contributed by atoms with Crippen LogP contribution in [0, 0.1) is 11.3 Å². The van der Waals surface area contributed by atoms with Crippen LogP contribution in [0.1, 0.15) is 55.8 Å². The van der Waals surface area contributed by atoms with E-state index in [0.717, 1.165) is 6.42 Å². The van der Waals surface area contributed by atoms with Crippen LogP contribution in [0.3, 0.4) is 0 Å². The number of benzene rings is 1. The molecule has 0 bridgehead atoms. The number of aromatic nitrogens is 2. The van der Waals surface area contributed by atoms with Crippen LogP contribution < -0.4 is 5.32 Å². The van der Waals surface area contributed by atoms with Gasteiger partial charge in [0, 0.05) is 24.1 Å². The molecule has 1 fully saturated rings. The molecule has 8 heteroatoms. The van der Waals surface area contributed by atoms with Gasteiger partial charge in [-0.3, -0.25) is 4.79 Å². The first kappa shape index (κ1) is 20.4. The van der Waals surface area contributed by atoms with Crippen LogP contribution in [0.25, 0.3) is 11.4 Å². The number of hydrogen-bond acceptors (Lipinski definition) is 4. The summed E-state index contributed by atoms with van der Waals surface area (Å²) in [4.78, 5) is 16.4. The third kappa shape index (κ3) is 5.11. The quantitative estimate of drug-likeness (QED) is 0.764. The first-order valence-electron chi connectivity index (χ1n) is 9.42. The maximum absolute atomic E-state index is 12.4. The first-order valence-corrected chi connectivity index (χ1v) is 9.42. The summed E-state index contributed by atoms with van der Waals surface area (Å²) in [6, 6.07) is 6.62. The Morgan fingerprint density at radius 1 is 1.29 bits per heavy atom. The molecule has 1 heterocycles. The predicted octanol–water partition coefficient (Wildman–Crippen LogP) is 4.79. The van der Waals surface area contributed by atoms with E-state index in [2.05, 4.69) is 29.3 Å². The number of halogens is 3. The highest BCUT2D eigenvalue weighted by molar-refractivity contribution is 5.94. The highest BCUT2D eigenvalue weighted by Crippen LogP contribution is 2.42. The second kappa shape index (κ2) is 7.93. The molecule has 1 aliphatic carbocycles. The lowest BCUT2D eigenvalue weighted by Crippen LogP contribution is -2.33. The molecule has 152 valence electrons. The Labute approximate surface area is 161 Å². The molecule has 0 radical (unpaired) electrons. The van der Waals surface area contributed by atoms with E-state index >= 15 is 0 Å². The largest absolute Gasteiger partial charge is 0.389 e. The Balaban J connectivity index is 1.57. The number of carbonyl (C=O) groups is 1. The zero-order valence-electron chi connectivity index (χ0n) is 16.0. The number of nitrogens with one attached hydrogen (secondary N) is 1. The third-order valence-electron chi connectivity index (χ3n) is 5.48. The summed E-state index contributed by atoms with van der Waals surface area (Å²) in [6.07, 6.45) is -2.13. The van der Waals surface area contributed by atoms with Crippen molar-refractivity contribution in [2.24, 2.45) is 11.3 Å². The lowest BCUT2D eigenvalue weighted by molar-refractivity contribution is -0.134. The second-order valence-electron chi connectivity index (χ2n) is 7.99. The van der Waals surface area contributed by atoms with Gasteiger partial charge in [0.05, 0.1) is 6.42 Å². The molecule has 28 heavy (non-hydrogen) atoms. The summed E-state index contributed by atoms with van der Waals surface area (Å²) in [5.74, 6) is 0.476. The standard InChI is InChI=1S/C20H24F3N3O2/c1-19(2)10-3-4-15(19)12-24-18(27)14-7-5-13(6-8-14)17-25-16(28-26-17)9-11-20(21,22)23/h5-8,15H,3-4,9-12H2,1-2H3,(H,24,27). The number of amides is 1. The lowest BCUT2D eigenvalue weighted by Gasteiger charge is -2.27. The van der Waals surface area contributed by atoms with Crippen molar-refractivity contribution in [3.8, 4) is 11.4 Å². The van der Waals surface area contributed by atoms with E-state index in [1.165, 1.54) is 12.8 Å². The van der Waals surface area contributed by atoms with E-state index in [0.29, 0.717) is 23.6 Å². The van der Waals surface area contributed by atoms with Crippen molar-refractivity contribution in [2.45, 2.75) is 52.1 Å². The van der Waals surface area contributed by atoms with Gasteiger partial charge in [-0.2, -0.15) is 18.2 Å². The van der Waals surface area contributed by atoms with Gasteiger partial charge in [0.25, 0.3) is 5.91 Å². The summed E-state index contributed by atoms with van der Waals surface area (Å²) in [6.45, 7) is 5.12. The molecule has 1 N–H and O–H groups in total. The van der Waals surface area contributed by atoms with Gasteiger partial charge in [0.2, 0.25) is 11.7 Å². The minimum atomic E-state index is -4.27. The van der Waals surface area contributed by atoms with Gasteiger partial charge in [-0.25, -0.2) is 0 Å². The lowest BCUT2D eigenvalue weighted by atomic mass is 9.82. The van der Waals surface area contributed by atoms with Gasteiger partial charge in [-0.1, -0.05) is 37.6 Å². The molecule has 3 rings (SSSR count). The number of carbonyl (C=O) groups excluding carboxylic acids is 1. The second-order valence-corrected chi connectivity index (χ2v) is 7.99. The van der Waals surface area contributed by atoms with Gasteiger partial charge in [-0.15, -0.1) is 0 Å². The van der Waals surface area contributed by atoms with Crippen LogP contribution in [-0.4, -0.2) is 28.8 Å². The molecule has 1 amide bonds. The minimum Gasteiger partial charge on any atom is -0.352 e. The average molecular weight is 395 g/mol. The Bertz CT molecular complexity index is 813. The van der Waals surface area contributed by atoms with E-state index in [9.17, 15) is 18.0 Å². The van der Waals surface area contributed by atoms with Crippen LogP contribution in [0.5, 0.6) is 0 Å². The van der Waals surface area contributed by atoms with E-state index in [1.807, 2.05) is 0 Å². The molecule has 5 nitrogen and oxygen atoms in total. The maximum atomic E-state index is 12.4. The molecular formula is C20H24F3N3O2. The van der Waals surface area contributed by atoms with E-state index < -0.39 is 12.6 Å². The molecule has 1 atom stereocenters. The van der Waals surface area contributed by atoms with Crippen molar-refractivity contribution in [1.82, 2.24) is 15.5 Å². The Morgan fingerprint density at radius 3 is 2.61 bits per heavy atom. The number of rotatable bonds is 6. The van der Waals surface area contributed by atoms with Crippen LogP contribution in [0.15, 0.2) is 28.8 Å². The average Bonchev–Trinajstić information content (AvgIpc) is 3.23. The SMILES string of the molecule is CC1(C)CCCC1CNC(=O)c1ccc(-c2noc(CCC(F)(F)F)n2)cc1. The molecule has 1 aliphatic rings. The number of nitrogens with zero attached hydrogens (tertiary/aromatic N) is 2. The summed E-state index contributed by atoms with van der Waals surface area (Å²) < 4.78 is 41.7. The summed E-state index contributed by atoms with van der Waals surface area (Å²) in [5.41, 5.74) is 1.34. The minimum absolute atomic E-state index is 0.0617. The van der Waals surface area contributed by atoms with Gasteiger partial charge in [-0.05, 0) is 36.3 Å². The Morgan fingerprint density at radius 2 is 2.00 bits per heavy atom.